The molecular weight excluding hydrogens is 563 g/mol. The van der Waals surface area contributed by atoms with Crippen LogP contribution in [0.15, 0.2) is 11.3 Å². The Morgan fingerprint density at radius 3 is 2.45 bits per heavy atom. The largest absolute Gasteiger partial charge is 0.491 e. The maximum Gasteiger partial charge on any atom is 0.303 e. The molecule has 0 amide bonds. The fraction of sp³-hybridized carbons (Fsp3) is 0.917. The zero-order chi connectivity index (χ0) is 31.9. The van der Waals surface area contributed by atoms with E-state index in [4.69, 9.17) is 18.9 Å². The van der Waals surface area contributed by atoms with Crippen molar-refractivity contribution in [1.82, 2.24) is 0 Å². The first-order valence-electron chi connectivity index (χ1n) is 17.3. The molecule has 2 aliphatic heterocycles. The van der Waals surface area contributed by atoms with Gasteiger partial charge in [0.15, 0.2) is 12.4 Å². The van der Waals surface area contributed by atoms with Gasteiger partial charge in [-0.1, -0.05) is 20.8 Å². The van der Waals surface area contributed by atoms with E-state index in [-0.39, 0.29) is 41.4 Å². The Morgan fingerprint density at radius 1 is 1.02 bits per heavy atom. The average Bonchev–Trinajstić information content (AvgIpc) is 3.53. The van der Waals surface area contributed by atoms with Crippen LogP contribution in [-0.2, 0) is 23.7 Å². The summed E-state index contributed by atoms with van der Waals surface area (Å²) >= 11 is 0. The van der Waals surface area contributed by atoms with Crippen LogP contribution < -0.4 is 0 Å². The Balaban J connectivity index is 0.00000168. The Hall–Kier alpha value is -1.22. The number of aliphatic hydroxyl groups is 2. The third-order valence-electron chi connectivity index (χ3n) is 13.9. The molecule has 1 saturated heterocycles. The maximum absolute atomic E-state index is 11.9. The number of halogens is 1. The van der Waals surface area contributed by atoms with E-state index in [1.54, 1.807) is 13.8 Å². The smallest absolute Gasteiger partial charge is 0.303 e. The quantitative estimate of drug-likeness (QED) is 0.263. The second kappa shape index (κ2) is 11.2. The highest BCUT2D eigenvalue weighted by Crippen LogP contribution is 2.87. The number of alkyl halides is 1. The molecule has 7 nitrogen and oxygen atoms in total. The summed E-state index contributed by atoms with van der Waals surface area (Å²) in [7, 11) is 0.500. The number of carbonyl (C=O) groups excluding carboxylic acids is 1. The summed E-state index contributed by atoms with van der Waals surface area (Å²) in [5.41, 5.74) is 1.51. The lowest BCUT2D eigenvalue weighted by atomic mass is 9.46. The van der Waals surface area contributed by atoms with E-state index in [9.17, 15) is 19.4 Å². The minimum absolute atomic E-state index is 0.0888. The fourth-order valence-electron chi connectivity index (χ4n) is 12.0. The van der Waals surface area contributed by atoms with E-state index in [1.807, 2.05) is 0 Å². The zero-order valence-electron chi connectivity index (χ0n) is 28.1. The number of esters is 1. The molecule has 7 aliphatic rings. The average molecular weight is 621 g/mol. The van der Waals surface area contributed by atoms with Crippen molar-refractivity contribution in [3.8, 4) is 0 Å². The van der Waals surface area contributed by atoms with Gasteiger partial charge in [0.25, 0.3) is 0 Å². The lowest BCUT2D eigenvalue weighted by molar-refractivity contribution is -0.247. The standard InChI is InChI=1S/C35H54O7.CH3F/c1-20(36)40-30(32(4,5)38)25-9-7-23-26(41-25)18-24-22-8-10-27-31(2,3)28(42-29-17-21(37)12-16-39-29)11-13-35(27)19-34(22,35)15-14-33(23,24)6;1-2/h21-22,24-25,27-30,37-38H,7-19H2,1-6H3;1H3/t21?,22?,24?,25?,27?,28?,29?,30?,33?,34?,35-;/m1./s1. The van der Waals surface area contributed by atoms with Gasteiger partial charge < -0.3 is 29.2 Å². The van der Waals surface area contributed by atoms with E-state index in [0.717, 1.165) is 37.4 Å². The zero-order valence-corrected chi connectivity index (χ0v) is 28.1. The number of fused-ring (bicyclic) bond motifs is 3. The number of hydrogen-bond donors (Lipinski definition) is 2. The summed E-state index contributed by atoms with van der Waals surface area (Å²) in [6.07, 6.45) is 11.5. The second-order valence-electron chi connectivity index (χ2n) is 16.7. The molecular formula is C36H57FO7. The van der Waals surface area contributed by atoms with Crippen molar-refractivity contribution in [3.63, 3.8) is 0 Å². The number of aliphatic hydroxyl groups excluding tert-OH is 1. The van der Waals surface area contributed by atoms with Crippen LogP contribution in [0.3, 0.4) is 0 Å². The molecule has 250 valence electrons. The van der Waals surface area contributed by atoms with Crippen molar-refractivity contribution in [2.24, 2.45) is 39.4 Å². The number of allylic oxidation sites excluding steroid dienone is 2. The van der Waals surface area contributed by atoms with E-state index in [2.05, 4.69) is 20.8 Å². The van der Waals surface area contributed by atoms with E-state index >= 15 is 0 Å². The molecule has 0 aromatic rings. The summed E-state index contributed by atoms with van der Waals surface area (Å²) in [6, 6.07) is 0. The maximum atomic E-state index is 11.9. The van der Waals surface area contributed by atoms with Gasteiger partial charge in [-0.2, -0.15) is 0 Å². The van der Waals surface area contributed by atoms with Gasteiger partial charge >= 0.3 is 5.97 Å². The molecule has 0 aromatic carbocycles. The molecule has 8 heteroatoms. The van der Waals surface area contributed by atoms with Crippen LogP contribution in [0.4, 0.5) is 4.39 Å². The lowest BCUT2D eigenvalue weighted by Gasteiger charge is -2.59. The summed E-state index contributed by atoms with van der Waals surface area (Å²) in [5.74, 6) is 2.77. The first-order valence-corrected chi connectivity index (χ1v) is 17.3. The van der Waals surface area contributed by atoms with Crippen LogP contribution in [0, 0.1) is 39.4 Å². The number of hydrogen-bond acceptors (Lipinski definition) is 7. The van der Waals surface area contributed by atoms with Crippen LogP contribution in [0.1, 0.15) is 119 Å². The van der Waals surface area contributed by atoms with Gasteiger partial charge in [0.05, 0.1) is 37.4 Å². The van der Waals surface area contributed by atoms with Crippen molar-refractivity contribution in [1.29, 1.82) is 0 Å². The molecule has 10 unspecified atom stereocenters. The van der Waals surface area contributed by atoms with E-state index in [0.29, 0.717) is 49.3 Å². The summed E-state index contributed by atoms with van der Waals surface area (Å²) in [4.78, 5) is 11.9. The SMILES string of the molecule is CC(=O)OC(C1CCC2=C(CC3C4CCC5C(C)(C)C(OC6CC(O)CCO6)CC[C@@]56CC46CCC23C)O1)C(C)(C)O.CF. The lowest BCUT2D eigenvalue weighted by Crippen LogP contribution is -2.55. The second-order valence-corrected chi connectivity index (χ2v) is 16.7. The molecule has 5 aliphatic carbocycles. The minimum Gasteiger partial charge on any atom is -0.491 e. The van der Waals surface area contributed by atoms with E-state index < -0.39 is 11.7 Å². The number of carbonyl (C=O) groups is 1. The van der Waals surface area contributed by atoms with Gasteiger partial charge in [0.1, 0.15) is 6.10 Å². The molecule has 2 spiro atoms. The first kappa shape index (κ1) is 32.7. The molecule has 0 bridgehead atoms. The highest BCUT2D eigenvalue weighted by molar-refractivity contribution is 5.66. The Kier molecular flexibility index (Phi) is 8.32. The van der Waals surface area contributed by atoms with Gasteiger partial charge in [0, 0.05) is 19.8 Å². The Labute approximate surface area is 263 Å². The third-order valence-corrected chi connectivity index (χ3v) is 13.9. The Bertz CT molecular complexity index is 1150. The van der Waals surface area contributed by atoms with Crippen LogP contribution >= 0.6 is 0 Å². The number of ether oxygens (including phenoxy) is 4. The fourth-order valence-corrected chi connectivity index (χ4v) is 12.0. The van der Waals surface area contributed by atoms with Crippen LogP contribution in [0.2, 0.25) is 0 Å². The van der Waals surface area contributed by atoms with Crippen molar-refractivity contribution < 1.29 is 38.3 Å². The van der Waals surface area contributed by atoms with E-state index in [1.165, 1.54) is 51.0 Å². The molecule has 0 radical (unpaired) electrons. The summed E-state index contributed by atoms with van der Waals surface area (Å²) in [5, 5.41) is 21.0. The van der Waals surface area contributed by atoms with Crippen molar-refractivity contribution in [2.45, 2.75) is 155 Å². The highest BCUT2D eigenvalue weighted by atomic mass is 19.1. The van der Waals surface area contributed by atoms with Gasteiger partial charge in [-0.25, -0.2) is 0 Å². The molecule has 2 heterocycles. The van der Waals surface area contributed by atoms with Gasteiger partial charge in [-0.05, 0) is 123 Å². The molecule has 4 saturated carbocycles. The molecule has 2 N–H and O–H groups in total. The monoisotopic (exact) mass is 620 g/mol. The van der Waals surface area contributed by atoms with Crippen LogP contribution in [0.25, 0.3) is 0 Å². The summed E-state index contributed by atoms with van der Waals surface area (Å²) < 4.78 is 34.4. The normalized spacial score (nSPS) is 46.0. The van der Waals surface area contributed by atoms with Crippen molar-refractivity contribution >= 4 is 5.97 Å². The molecule has 0 aromatic heterocycles. The first-order chi connectivity index (χ1) is 20.7. The molecule has 44 heavy (non-hydrogen) atoms. The van der Waals surface area contributed by atoms with Crippen molar-refractivity contribution in [3.05, 3.63) is 11.3 Å². The molecule has 7 rings (SSSR count). The Morgan fingerprint density at radius 2 is 1.77 bits per heavy atom. The van der Waals surface area contributed by atoms with Gasteiger partial charge in [-0.3, -0.25) is 9.18 Å². The molecule has 5 fully saturated rings. The molecule has 11 atom stereocenters. The van der Waals surface area contributed by atoms with Gasteiger partial charge in [-0.15, -0.1) is 0 Å². The van der Waals surface area contributed by atoms with Gasteiger partial charge in [0.2, 0.25) is 0 Å². The van der Waals surface area contributed by atoms with Crippen molar-refractivity contribution in [2.75, 3.05) is 13.8 Å². The predicted octanol–water partition coefficient (Wildman–Crippen LogP) is 6.63. The minimum atomic E-state index is -1.16. The predicted molar refractivity (Wildman–Crippen MR) is 164 cm³/mol. The van der Waals surface area contributed by atoms with Crippen LogP contribution in [-0.4, -0.2) is 66.3 Å². The third kappa shape index (κ3) is 4.90. The summed E-state index contributed by atoms with van der Waals surface area (Å²) in [6.45, 7) is 12.8. The van der Waals surface area contributed by atoms with Crippen LogP contribution in [0.5, 0.6) is 0 Å². The topological polar surface area (TPSA) is 94.5 Å². The number of rotatable bonds is 5. The highest BCUT2D eigenvalue weighted by Gasteiger charge is 2.80.